The first-order chi connectivity index (χ1) is 12.1. The molecule has 1 aliphatic heterocycles. The summed E-state index contributed by atoms with van der Waals surface area (Å²) >= 11 is 0. The van der Waals surface area contributed by atoms with Crippen molar-refractivity contribution >= 4 is 17.4 Å². The normalized spacial score (nSPS) is 15.7. The molecule has 6 heteroatoms. The van der Waals surface area contributed by atoms with Crippen LogP contribution in [0.25, 0.3) is 0 Å². The van der Waals surface area contributed by atoms with E-state index in [0.29, 0.717) is 23.4 Å². The molecule has 1 aliphatic rings. The number of likely N-dealkylation sites (N-methyl/N-ethyl adjacent to an activating group) is 1. The summed E-state index contributed by atoms with van der Waals surface area (Å²) in [6.45, 7) is 4.26. The Hall–Kier alpha value is -2.57. The minimum absolute atomic E-state index is 0.106. The number of carbonyl (C=O) groups excluding carboxylic acids is 2. The van der Waals surface area contributed by atoms with Crippen molar-refractivity contribution in [3.8, 4) is 0 Å². The molecule has 0 saturated carbocycles. The van der Waals surface area contributed by atoms with Crippen molar-refractivity contribution in [1.29, 1.82) is 0 Å². The maximum Gasteiger partial charge on any atom is 0.257 e. The highest BCUT2D eigenvalue weighted by atomic mass is 16.1. The molecule has 130 valence electrons. The number of hydrogen-bond acceptors (Lipinski definition) is 5. The van der Waals surface area contributed by atoms with Crippen LogP contribution in [0.4, 0.5) is 5.69 Å². The third-order valence-corrected chi connectivity index (χ3v) is 4.35. The molecular formula is C19H22N4O2. The SMILES string of the molecule is CN1CCN(CC(=O)c2ccc(NC(=O)c3cccnc3)cc2)CC1. The van der Waals surface area contributed by atoms with Crippen molar-refractivity contribution in [2.45, 2.75) is 0 Å². The summed E-state index contributed by atoms with van der Waals surface area (Å²) in [6.07, 6.45) is 3.14. The first-order valence-corrected chi connectivity index (χ1v) is 8.37. The number of benzene rings is 1. The number of Topliss-reactive ketones (excluding diaryl/α,β-unsaturated/α-hetero) is 1. The van der Waals surface area contributed by atoms with Gasteiger partial charge in [0.15, 0.2) is 5.78 Å². The van der Waals surface area contributed by atoms with Gasteiger partial charge in [-0.1, -0.05) is 0 Å². The van der Waals surface area contributed by atoms with E-state index < -0.39 is 0 Å². The molecule has 3 rings (SSSR count). The Kier molecular flexibility index (Phi) is 5.53. The molecular weight excluding hydrogens is 316 g/mol. The number of pyridine rings is 1. The van der Waals surface area contributed by atoms with Crippen molar-refractivity contribution < 1.29 is 9.59 Å². The Bertz CT molecular complexity index is 723. The van der Waals surface area contributed by atoms with Crippen LogP contribution in [0.3, 0.4) is 0 Å². The fraction of sp³-hybridized carbons (Fsp3) is 0.316. The van der Waals surface area contributed by atoms with Crippen LogP contribution in [-0.2, 0) is 0 Å². The number of aromatic nitrogens is 1. The zero-order chi connectivity index (χ0) is 17.6. The van der Waals surface area contributed by atoms with Gasteiger partial charge in [0.2, 0.25) is 0 Å². The van der Waals surface area contributed by atoms with Gasteiger partial charge in [0, 0.05) is 49.8 Å². The van der Waals surface area contributed by atoms with Gasteiger partial charge in [-0.15, -0.1) is 0 Å². The Morgan fingerprint density at radius 1 is 1.04 bits per heavy atom. The zero-order valence-corrected chi connectivity index (χ0v) is 14.3. The molecule has 1 N–H and O–H groups in total. The summed E-state index contributed by atoms with van der Waals surface area (Å²) in [5.74, 6) is -0.112. The van der Waals surface area contributed by atoms with E-state index in [9.17, 15) is 9.59 Å². The van der Waals surface area contributed by atoms with Gasteiger partial charge in [0.05, 0.1) is 12.1 Å². The predicted octanol–water partition coefficient (Wildman–Crippen LogP) is 1.76. The number of hydrogen-bond donors (Lipinski definition) is 1. The van der Waals surface area contributed by atoms with Crippen LogP contribution in [0.15, 0.2) is 48.8 Å². The second-order valence-corrected chi connectivity index (χ2v) is 6.28. The number of amides is 1. The lowest BCUT2D eigenvalue weighted by Gasteiger charge is -2.31. The van der Waals surface area contributed by atoms with Gasteiger partial charge in [0.1, 0.15) is 0 Å². The number of rotatable bonds is 5. The lowest BCUT2D eigenvalue weighted by molar-refractivity contribution is 0.0876. The molecule has 0 aliphatic carbocycles. The average Bonchev–Trinajstić information content (AvgIpc) is 2.65. The molecule has 1 aromatic carbocycles. The maximum atomic E-state index is 12.4. The van der Waals surface area contributed by atoms with Crippen LogP contribution < -0.4 is 5.32 Å². The van der Waals surface area contributed by atoms with E-state index >= 15 is 0 Å². The van der Waals surface area contributed by atoms with Crippen molar-refractivity contribution in [3.05, 3.63) is 59.9 Å². The molecule has 1 fully saturated rings. The van der Waals surface area contributed by atoms with E-state index in [4.69, 9.17) is 0 Å². The van der Waals surface area contributed by atoms with Gasteiger partial charge < -0.3 is 10.2 Å². The van der Waals surface area contributed by atoms with Crippen molar-refractivity contribution in [1.82, 2.24) is 14.8 Å². The summed E-state index contributed by atoms with van der Waals surface area (Å²) in [7, 11) is 2.09. The van der Waals surface area contributed by atoms with Crippen LogP contribution in [0.2, 0.25) is 0 Å². The Morgan fingerprint density at radius 3 is 2.40 bits per heavy atom. The molecule has 0 radical (unpaired) electrons. The zero-order valence-electron chi connectivity index (χ0n) is 14.3. The molecule has 1 amide bonds. The molecule has 1 aromatic heterocycles. The summed E-state index contributed by atoms with van der Waals surface area (Å²) in [5, 5.41) is 2.80. The highest BCUT2D eigenvalue weighted by molar-refractivity contribution is 6.04. The first kappa shape index (κ1) is 17.3. The second kappa shape index (κ2) is 8.00. The number of carbonyl (C=O) groups is 2. The third kappa shape index (κ3) is 4.71. The van der Waals surface area contributed by atoms with Gasteiger partial charge in [-0.2, -0.15) is 0 Å². The fourth-order valence-corrected chi connectivity index (χ4v) is 2.74. The minimum atomic E-state index is -0.218. The van der Waals surface area contributed by atoms with E-state index in [1.807, 2.05) is 0 Å². The van der Waals surface area contributed by atoms with E-state index in [-0.39, 0.29) is 11.7 Å². The summed E-state index contributed by atoms with van der Waals surface area (Å²) in [5.41, 5.74) is 1.82. The minimum Gasteiger partial charge on any atom is -0.322 e. The predicted molar refractivity (Wildman–Crippen MR) is 96.9 cm³/mol. The topological polar surface area (TPSA) is 65.5 Å². The number of ketones is 1. The van der Waals surface area contributed by atoms with Gasteiger partial charge in [-0.25, -0.2) is 0 Å². The van der Waals surface area contributed by atoms with Gasteiger partial charge >= 0.3 is 0 Å². The number of nitrogens with one attached hydrogen (secondary N) is 1. The van der Waals surface area contributed by atoms with Crippen LogP contribution in [0, 0.1) is 0 Å². The van der Waals surface area contributed by atoms with Crippen molar-refractivity contribution in [2.75, 3.05) is 45.1 Å². The fourth-order valence-electron chi connectivity index (χ4n) is 2.74. The quantitative estimate of drug-likeness (QED) is 0.842. The standard InChI is InChI=1S/C19H22N4O2/c1-22-9-11-23(12-10-22)14-18(24)15-4-6-17(7-5-15)21-19(25)16-3-2-8-20-13-16/h2-8,13H,9-12,14H2,1H3,(H,21,25). The van der Waals surface area contributed by atoms with Crippen molar-refractivity contribution in [2.24, 2.45) is 0 Å². The van der Waals surface area contributed by atoms with Crippen LogP contribution >= 0.6 is 0 Å². The van der Waals surface area contributed by atoms with E-state index in [0.717, 1.165) is 26.2 Å². The number of anilines is 1. The largest absolute Gasteiger partial charge is 0.322 e. The molecule has 0 unspecified atom stereocenters. The molecule has 6 nitrogen and oxygen atoms in total. The average molecular weight is 338 g/mol. The number of piperazine rings is 1. The molecule has 0 bridgehead atoms. The monoisotopic (exact) mass is 338 g/mol. The summed E-state index contributed by atoms with van der Waals surface area (Å²) in [4.78, 5) is 32.9. The maximum absolute atomic E-state index is 12.4. The lowest BCUT2D eigenvalue weighted by Crippen LogP contribution is -2.46. The highest BCUT2D eigenvalue weighted by Crippen LogP contribution is 2.12. The summed E-state index contributed by atoms with van der Waals surface area (Å²) in [6, 6.07) is 10.5. The lowest BCUT2D eigenvalue weighted by atomic mass is 10.1. The Morgan fingerprint density at radius 2 is 1.76 bits per heavy atom. The molecule has 0 spiro atoms. The molecule has 2 aromatic rings. The number of nitrogens with zero attached hydrogens (tertiary/aromatic N) is 3. The van der Waals surface area contributed by atoms with Gasteiger partial charge in [0.25, 0.3) is 5.91 Å². The third-order valence-electron chi connectivity index (χ3n) is 4.35. The van der Waals surface area contributed by atoms with E-state index in [1.165, 1.54) is 6.20 Å². The van der Waals surface area contributed by atoms with Gasteiger partial charge in [-0.3, -0.25) is 19.5 Å². The molecule has 0 atom stereocenters. The first-order valence-electron chi connectivity index (χ1n) is 8.37. The van der Waals surface area contributed by atoms with Crippen LogP contribution in [0.5, 0.6) is 0 Å². The van der Waals surface area contributed by atoms with E-state index in [2.05, 4.69) is 27.1 Å². The van der Waals surface area contributed by atoms with Crippen LogP contribution in [0.1, 0.15) is 20.7 Å². The Labute approximate surface area is 147 Å². The van der Waals surface area contributed by atoms with Crippen LogP contribution in [-0.4, -0.2) is 66.2 Å². The smallest absolute Gasteiger partial charge is 0.257 e. The highest BCUT2D eigenvalue weighted by Gasteiger charge is 2.17. The molecule has 1 saturated heterocycles. The Balaban J connectivity index is 1.56. The molecule has 25 heavy (non-hydrogen) atoms. The van der Waals surface area contributed by atoms with Crippen molar-refractivity contribution in [3.63, 3.8) is 0 Å². The van der Waals surface area contributed by atoms with Gasteiger partial charge in [-0.05, 0) is 43.4 Å². The summed E-state index contributed by atoms with van der Waals surface area (Å²) < 4.78 is 0. The second-order valence-electron chi connectivity index (χ2n) is 6.28. The van der Waals surface area contributed by atoms with E-state index in [1.54, 1.807) is 42.6 Å². The molecule has 2 heterocycles.